The molecule has 3 aromatic rings. The molecule has 0 aliphatic heterocycles. The molecule has 3 nitrogen and oxygen atoms in total. The van der Waals surface area contributed by atoms with Crippen LogP contribution in [0.25, 0.3) is 10.8 Å². The number of pyridine rings is 1. The smallest absolute Gasteiger partial charge is 0.104 e. The lowest BCUT2D eigenvalue weighted by molar-refractivity contribution is 0.140. The van der Waals surface area contributed by atoms with Crippen LogP contribution in [-0.4, -0.2) is 23.7 Å². The quantitative estimate of drug-likeness (QED) is 0.758. The summed E-state index contributed by atoms with van der Waals surface area (Å²) in [6, 6.07) is 20.3. The molecule has 0 amide bonds. The van der Waals surface area contributed by atoms with E-state index >= 15 is 0 Å². The van der Waals surface area contributed by atoms with E-state index in [1.54, 1.807) is 6.20 Å². The maximum atomic E-state index is 10.7. The van der Waals surface area contributed by atoms with Crippen LogP contribution in [0.3, 0.4) is 0 Å². The molecule has 1 aromatic heterocycles. The van der Waals surface area contributed by atoms with Gasteiger partial charge in [0.05, 0.1) is 5.69 Å². The first-order valence-corrected chi connectivity index (χ1v) is 7.52. The molecule has 0 fully saturated rings. The Morgan fingerprint density at radius 3 is 2.50 bits per heavy atom. The molecule has 2 N–H and O–H groups in total. The SMILES string of the molecule is CNC[C@@H](c1ccc2ccccc2c1)C(O)c1ccccn1. The molecule has 0 spiro atoms. The molecule has 0 saturated heterocycles. The molecule has 0 saturated carbocycles. The van der Waals surface area contributed by atoms with Crippen molar-refractivity contribution >= 4 is 10.8 Å². The van der Waals surface area contributed by atoms with Crippen molar-refractivity contribution in [2.75, 3.05) is 13.6 Å². The van der Waals surface area contributed by atoms with E-state index in [4.69, 9.17) is 0 Å². The van der Waals surface area contributed by atoms with E-state index in [0.717, 1.165) is 5.56 Å². The Morgan fingerprint density at radius 1 is 1.00 bits per heavy atom. The summed E-state index contributed by atoms with van der Waals surface area (Å²) in [7, 11) is 1.90. The minimum Gasteiger partial charge on any atom is -0.386 e. The van der Waals surface area contributed by atoms with Crippen molar-refractivity contribution in [1.29, 1.82) is 0 Å². The minimum atomic E-state index is -0.630. The first kappa shape index (κ1) is 14.7. The maximum Gasteiger partial charge on any atom is 0.104 e. The van der Waals surface area contributed by atoms with Crippen molar-refractivity contribution in [2.45, 2.75) is 12.0 Å². The zero-order chi connectivity index (χ0) is 15.4. The summed E-state index contributed by atoms with van der Waals surface area (Å²) in [5.41, 5.74) is 1.82. The normalized spacial score (nSPS) is 13.9. The summed E-state index contributed by atoms with van der Waals surface area (Å²) in [5, 5.41) is 16.3. The number of fused-ring (bicyclic) bond motifs is 1. The van der Waals surface area contributed by atoms with E-state index in [-0.39, 0.29) is 5.92 Å². The Labute approximate surface area is 130 Å². The highest BCUT2D eigenvalue weighted by atomic mass is 16.3. The molecule has 2 aromatic carbocycles. The number of hydrogen-bond acceptors (Lipinski definition) is 3. The number of rotatable bonds is 5. The Kier molecular flexibility index (Phi) is 4.47. The summed E-state index contributed by atoms with van der Waals surface area (Å²) in [6.07, 6.45) is 1.09. The molecule has 22 heavy (non-hydrogen) atoms. The first-order chi connectivity index (χ1) is 10.8. The van der Waals surface area contributed by atoms with Crippen molar-refractivity contribution in [3.05, 3.63) is 78.1 Å². The van der Waals surface area contributed by atoms with E-state index in [1.165, 1.54) is 10.8 Å². The van der Waals surface area contributed by atoms with Gasteiger partial charge in [0.1, 0.15) is 6.10 Å². The summed E-state index contributed by atoms with van der Waals surface area (Å²) in [5.74, 6) is -0.0375. The molecule has 3 heteroatoms. The first-order valence-electron chi connectivity index (χ1n) is 7.52. The summed E-state index contributed by atoms with van der Waals surface area (Å²) >= 11 is 0. The van der Waals surface area contributed by atoms with Gasteiger partial charge in [0.25, 0.3) is 0 Å². The molecular weight excluding hydrogens is 272 g/mol. The van der Waals surface area contributed by atoms with Gasteiger partial charge >= 0.3 is 0 Å². The van der Waals surface area contributed by atoms with E-state index in [2.05, 4.69) is 40.6 Å². The Morgan fingerprint density at radius 2 is 1.77 bits per heavy atom. The number of hydrogen-bond donors (Lipinski definition) is 2. The van der Waals surface area contributed by atoms with Gasteiger partial charge in [0.15, 0.2) is 0 Å². The number of aliphatic hydroxyl groups is 1. The Bertz CT molecular complexity index is 743. The van der Waals surface area contributed by atoms with Gasteiger partial charge in [0.2, 0.25) is 0 Å². The highest BCUT2D eigenvalue weighted by Crippen LogP contribution is 2.31. The predicted molar refractivity (Wildman–Crippen MR) is 89.8 cm³/mol. The van der Waals surface area contributed by atoms with Crippen molar-refractivity contribution in [3.63, 3.8) is 0 Å². The van der Waals surface area contributed by atoms with Gasteiger partial charge in [-0.15, -0.1) is 0 Å². The average molecular weight is 292 g/mol. The van der Waals surface area contributed by atoms with E-state index in [1.807, 2.05) is 37.4 Å². The number of nitrogens with zero attached hydrogens (tertiary/aromatic N) is 1. The molecule has 0 aliphatic carbocycles. The van der Waals surface area contributed by atoms with Crippen molar-refractivity contribution in [1.82, 2.24) is 10.3 Å². The second-order valence-electron chi connectivity index (χ2n) is 5.47. The van der Waals surface area contributed by atoms with Gasteiger partial charge in [-0.1, -0.05) is 48.5 Å². The zero-order valence-corrected chi connectivity index (χ0v) is 12.6. The molecule has 2 atom stereocenters. The lowest BCUT2D eigenvalue weighted by Gasteiger charge is -2.23. The highest BCUT2D eigenvalue weighted by Gasteiger charge is 2.23. The fourth-order valence-corrected chi connectivity index (χ4v) is 2.83. The van der Waals surface area contributed by atoms with Crippen LogP contribution in [0.1, 0.15) is 23.3 Å². The lowest BCUT2D eigenvalue weighted by Crippen LogP contribution is -2.23. The van der Waals surface area contributed by atoms with Crippen molar-refractivity contribution < 1.29 is 5.11 Å². The number of benzene rings is 2. The predicted octanol–water partition coefficient (Wildman–Crippen LogP) is 3.27. The molecule has 3 rings (SSSR count). The highest BCUT2D eigenvalue weighted by molar-refractivity contribution is 5.83. The molecule has 0 radical (unpaired) electrons. The molecule has 112 valence electrons. The van der Waals surface area contributed by atoms with Crippen LogP contribution in [-0.2, 0) is 0 Å². The maximum absolute atomic E-state index is 10.7. The third-order valence-electron chi connectivity index (χ3n) is 4.00. The number of likely N-dealkylation sites (N-methyl/N-ethyl adjacent to an activating group) is 1. The van der Waals surface area contributed by atoms with Gasteiger partial charge in [-0.2, -0.15) is 0 Å². The van der Waals surface area contributed by atoms with Crippen molar-refractivity contribution in [3.8, 4) is 0 Å². The standard InChI is InChI=1S/C19H20N2O/c1-20-13-17(19(22)18-8-4-5-11-21-18)16-10-9-14-6-2-3-7-15(14)12-16/h2-12,17,19-20,22H,13H2,1H3/t17-,19?/m0/s1. The van der Waals surface area contributed by atoms with Crippen LogP contribution in [0.15, 0.2) is 66.9 Å². The minimum absolute atomic E-state index is 0.0375. The second-order valence-corrected chi connectivity index (χ2v) is 5.47. The third-order valence-corrected chi connectivity index (χ3v) is 4.00. The van der Waals surface area contributed by atoms with E-state index in [9.17, 15) is 5.11 Å². The van der Waals surface area contributed by atoms with Gasteiger partial charge in [-0.3, -0.25) is 4.98 Å². The van der Waals surface area contributed by atoms with Gasteiger partial charge in [-0.05, 0) is 35.5 Å². The Hall–Kier alpha value is -2.23. The van der Waals surface area contributed by atoms with Crippen LogP contribution in [0.2, 0.25) is 0 Å². The molecule has 1 unspecified atom stereocenters. The monoisotopic (exact) mass is 292 g/mol. The van der Waals surface area contributed by atoms with Gasteiger partial charge in [0, 0.05) is 18.7 Å². The van der Waals surface area contributed by atoms with Crippen LogP contribution in [0, 0.1) is 0 Å². The fraction of sp³-hybridized carbons (Fsp3) is 0.211. The largest absolute Gasteiger partial charge is 0.386 e. The van der Waals surface area contributed by atoms with Gasteiger partial charge < -0.3 is 10.4 Å². The number of nitrogens with one attached hydrogen (secondary N) is 1. The summed E-state index contributed by atoms with van der Waals surface area (Å²) in [6.45, 7) is 0.691. The average Bonchev–Trinajstić information content (AvgIpc) is 2.59. The fourth-order valence-electron chi connectivity index (χ4n) is 2.83. The molecular formula is C19H20N2O. The third kappa shape index (κ3) is 3.01. The lowest BCUT2D eigenvalue weighted by atomic mass is 9.89. The number of aliphatic hydroxyl groups excluding tert-OH is 1. The number of aromatic nitrogens is 1. The molecule has 0 bridgehead atoms. The van der Waals surface area contributed by atoms with E-state index < -0.39 is 6.10 Å². The summed E-state index contributed by atoms with van der Waals surface area (Å²) < 4.78 is 0. The van der Waals surface area contributed by atoms with Crippen LogP contribution < -0.4 is 5.32 Å². The molecule has 0 aliphatic rings. The second kappa shape index (κ2) is 6.69. The van der Waals surface area contributed by atoms with Gasteiger partial charge in [-0.25, -0.2) is 0 Å². The van der Waals surface area contributed by atoms with Crippen LogP contribution in [0.5, 0.6) is 0 Å². The zero-order valence-electron chi connectivity index (χ0n) is 12.6. The van der Waals surface area contributed by atoms with Crippen LogP contribution in [0.4, 0.5) is 0 Å². The summed E-state index contributed by atoms with van der Waals surface area (Å²) in [4.78, 5) is 4.29. The topological polar surface area (TPSA) is 45.1 Å². The Balaban J connectivity index is 1.98. The van der Waals surface area contributed by atoms with Crippen LogP contribution >= 0.6 is 0 Å². The van der Waals surface area contributed by atoms with E-state index in [0.29, 0.717) is 12.2 Å². The van der Waals surface area contributed by atoms with Crippen molar-refractivity contribution in [2.24, 2.45) is 0 Å². The molecule has 1 heterocycles.